The first-order valence-corrected chi connectivity index (χ1v) is 9.21. The number of nitrogens with zero attached hydrogens (tertiary/aromatic N) is 2. The molecule has 0 bridgehead atoms. The van der Waals surface area contributed by atoms with Gasteiger partial charge in [-0.25, -0.2) is 0 Å². The number of carbonyl (C=O) groups excluding carboxylic acids is 2. The van der Waals surface area contributed by atoms with Gasteiger partial charge in [0.1, 0.15) is 0 Å². The average Bonchev–Trinajstić information content (AvgIpc) is 3.22. The molecule has 2 aromatic carbocycles. The quantitative estimate of drug-likeness (QED) is 0.585. The number of methoxy groups -OCH3 is 2. The van der Waals surface area contributed by atoms with Crippen LogP contribution in [0.25, 0.3) is 11.4 Å². The first-order chi connectivity index (χ1) is 14.5. The monoisotopic (exact) mass is 410 g/mol. The van der Waals surface area contributed by atoms with Crippen LogP contribution in [0.2, 0.25) is 0 Å². The van der Waals surface area contributed by atoms with E-state index < -0.39 is 0 Å². The largest absolute Gasteiger partial charge is 0.493 e. The van der Waals surface area contributed by atoms with Crippen LogP contribution in [0.1, 0.15) is 19.2 Å². The molecule has 0 atom stereocenters. The standard InChI is InChI=1S/C21H22N4O5/c1-13(26)22-15-5-7-16(8-6-15)23-19(27)10-11-20-24-21(25-30-20)14-4-9-17(28-2)18(12-14)29-3/h4-9,12H,10-11H2,1-3H3,(H,22,26)(H,23,27). The highest BCUT2D eigenvalue weighted by Crippen LogP contribution is 2.31. The van der Waals surface area contributed by atoms with Crippen molar-refractivity contribution in [2.45, 2.75) is 19.8 Å². The molecule has 0 aliphatic heterocycles. The molecule has 0 aliphatic carbocycles. The van der Waals surface area contributed by atoms with E-state index in [0.29, 0.717) is 46.6 Å². The highest BCUT2D eigenvalue weighted by molar-refractivity contribution is 5.92. The van der Waals surface area contributed by atoms with Crippen LogP contribution in [-0.2, 0) is 16.0 Å². The van der Waals surface area contributed by atoms with Gasteiger partial charge in [-0.05, 0) is 42.5 Å². The predicted molar refractivity (Wildman–Crippen MR) is 111 cm³/mol. The van der Waals surface area contributed by atoms with E-state index in [1.54, 1.807) is 56.7 Å². The Bertz CT molecular complexity index is 1030. The highest BCUT2D eigenvalue weighted by Gasteiger charge is 2.13. The molecule has 9 nitrogen and oxygen atoms in total. The van der Waals surface area contributed by atoms with E-state index in [9.17, 15) is 9.59 Å². The van der Waals surface area contributed by atoms with Crippen molar-refractivity contribution in [1.29, 1.82) is 0 Å². The smallest absolute Gasteiger partial charge is 0.227 e. The van der Waals surface area contributed by atoms with E-state index >= 15 is 0 Å². The summed E-state index contributed by atoms with van der Waals surface area (Å²) < 4.78 is 15.7. The SMILES string of the molecule is COc1ccc(-c2noc(CCC(=O)Nc3ccc(NC(C)=O)cc3)n2)cc1OC. The first-order valence-electron chi connectivity index (χ1n) is 9.21. The van der Waals surface area contributed by atoms with Crippen molar-refractivity contribution in [3.63, 3.8) is 0 Å². The van der Waals surface area contributed by atoms with Crippen molar-refractivity contribution >= 4 is 23.2 Å². The third-order valence-electron chi connectivity index (χ3n) is 4.16. The van der Waals surface area contributed by atoms with Gasteiger partial charge in [0.2, 0.25) is 23.5 Å². The molecule has 0 spiro atoms. The Labute approximate surface area is 173 Å². The van der Waals surface area contributed by atoms with Gasteiger partial charge in [-0.2, -0.15) is 4.98 Å². The zero-order chi connectivity index (χ0) is 21.5. The van der Waals surface area contributed by atoms with Crippen molar-refractivity contribution in [2.24, 2.45) is 0 Å². The van der Waals surface area contributed by atoms with Crippen LogP contribution >= 0.6 is 0 Å². The molecule has 30 heavy (non-hydrogen) atoms. The third-order valence-corrected chi connectivity index (χ3v) is 4.16. The highest BCUT2D eigenvalue weighted by atomic mass is 16.5. The van der Waals surface area contributed by atoms with E-state index in [4.69, 9.17) is 14.0 Å². The fraction of sp³-hybridized carbons (Fsp3) is 0.238. The summed E-state index contributed by atoms with van der Waals surface area (Å²) in [5.41, 5.74) is 2.01. The number of anilines is 2. The normalized spacial score (nSPS) is 10.4. The molecule has 3 rings (SSSR count). The summed E-state index contributed by atoms with van der Waals surface area (Å²) in [6, 6.07) is 12.2. The topological polar surface area (TPSA) is 116 Å². The third kappa shape index (κ3) is 5.34. The number of aromatic nitrogens is 2. The van der Waals surface area contributed by atoms with Gasteiger partial charge in [0.15, 0.2) is 11.5 Å². The summed E-state index contributed by atoms with van der Waals surface area (Å²) in [5, 5.41) is 9.42. The van der Waals surface area contributed by atoms with Gasteiger partial charge in [0.05, 0.1) is 14.2 Å². The van der Waals surface area contributed by atoms with Gasteiger partial charge in [0.25, 0.3) is 0 Å². The molecular formula is C21H22N4O5. The van der Waals surface area contributed by atoms with Crippen LogP contribution in [0.5, 0.6) is 11.5 Å². The summed E-state index contributed by atoms with van der Waals surface area (Å²) in [6.07, 6.45) is 0.483. The Kier molecular flexibility index (Phi) is 6.63. The van der Waals surface area contributed by atoms with Crippen molar-refractivity contribution in [2.75, 3.05) is 24.9 Å². The number of carbonyl (C=O) groups is 2. The number of hydrogen-bond acceptors (Lipinski definition) is 7. The van der Waals surface area contributed by atoms with Gasteiger partial charge in [-0.1, -0.05) is 5.16 Å². The first kappa shape index (κ1) is 20.8. The maximum Gasteiger partial charge on any atom is 0.227 e. The average molecular weight is 410 g/mol. The second kappa shape index (κ2) is 9.55. The molecule has 0 saturated heterocycles. The second-order valence-corrected chi connectivity index (χ2v) is 6.39. The lowest BCUT2D eigenvalue weighted by molar-refractivity contribution is -0.116. The Hall–Kier alpha value is -3.88. The minimum absolute atomic E-state index is 0.154. The minimum Gasteiger partial charge on any atom is -0.493 e. The van der Waals surface area contributed by atoms with E-state index in [-0.39, 0.29) is 18.2 Å². The second-order valence-electron chi connectivity index (χ2n) is 6.39. The lowest BCUT2D eigenvalue weighted by Crippen LogP contribution is -2.12. The number of amides is 2. The molecule has 2 amide bonds. The molecule has 0 saturated carbocycles. The maximum absolute atomic E-state index is 12.2. The van der Waals surface area contributed by atoms with Crippen LogP contribution in [0.4, 0.5) is 11.4 Å². The van der Waals surface area contributed by atoms with Crippen LogP contribution in [0.15, 0.2) is 47.0 Å². The molecule has 0 aliphatic rings. The summed E-state index contributed by atoms with van der Waals surface area (Å²) in [4.78, 5) is 27.5. The van der Waals surface area contributed by atoms with Gasteiger partial charge in [0, 0.05) is 36.7 Å². The number of benzene rings is 2. The van der Waals surface area contributed by atoms with E-state index in [0.717, 1.165) is 0 Å². The van der Waals surface area contributed by atoms with Gasteiger partial charge < -0.3 is 24.6 Å². The fourth-order valence-corrected chi connectivity index (χ4v) is 2.73. The molecule has 0 radical (unpaired) electrons. The van der Waals surface area contributed by atoms with Gasteiger partial charge in [-0.3, -0.25) is 9.59 Å². The number of aryl methyl sites for hydroxylation is 1. The molecule has 9 heteroatoms. The minimum atomic E-state index is -0.187. The molecule has 1 aromatic heterocycles. The zero-order valence-corrected chi connectivity index (χ0v) is 16.9. The van der Waals surface area contributed by atoms with Crippen LogP contribution in [-0.4, -0.2) is 36.2 Å². The van der Waals surface area contributed by atoms with Crippen LogP contribution in [0.3, 0.4) is 0 Å². The number of hydrogen-bond donors (Lipinski definition) is 2. The Morgan fingerprint density at radius 1 is 0.967 bits per heavy atom. The number of ether oxygens (including phenoxy) is 2. The van der Waals surface area contributed by atoms with E-state index in [2.05, 4.69) is 20.8 Å². The van der Waals surface area contributed by atoms with Crippen LogP contribution in [0, 0.1) is 0 Å². The van der Waals surface area contributed by atoms with Crippen molar-refractivity contribution < 1.29 is 23.6 Å². The van der Waals surface area contributed by atoms with Crippen LogP contribution < -0.4 is 20.1 Å². The number of rotatable bonds is 8. The zero-order valence-electron chi connectivity index (χ0n) is 16.9. The molecule has 3 aromatic rings. The predicted octanol–water partition coefficient (Wildman–Crippen LogP) is 3.28. The van der Waals surface area contributed by atoms with E-state index in [1.807, 2.05) is 0 Å². The Morgan fingerprint density at radius 2 is 1.63 bits per heavy atom. The molecule has 1 heterocycles. The van der Waals surface area contributed by atoms with Gasteiger partial charge in [-0.15, -0.1) is 0 Å². The van der Waals surface area contributed by atoms with Crippen molar-refractivity contribution in [3.8, 4) is 22.9 Å². The Balaban J connectivity index is 1.56. The summed E-state index contributed by atoms with van der Waals surface area (Å²) >= 11 is 0. The molecule has 0 unspecified atom stereocenters. The lowest BCUT2D eigenvalue weighted by Gasteiger charge is -2.07. The van der Waals surface area contributed by atoms with Crippen molar-refractivity contribution in [3.05, 3.63) is 48.4 Å². The molecular weight excluding hydrogens is 388 g/mol. The lowest BCUT2D eigenvalue weighted by atomic mass is 10.2. The molecule has 156 valence electrons. The summed E-state index contributed by atoms with van der Waals surface area (Å²) in [7, 11) is 3.11. The van der Waals surface area contributed by atoms with E-state index in [1.165, 1.54) is 6.92 Å². The van der Waals surface area contributed by atoms with Crippen molar-refractivity contribution in [1.82, 2.24) is 10.1 Å². The molecule has 2 N–H and O–H groups in total. The Morgan fingerprint density at radius 3 is 2.27 bits per heavy atom. The number of nitrogens with one attached hydrogen (secondary N) is 2. The van der Waals surface area contributed by atoms with Gasteiger partial charge >= 0.3 is 0 Å². The molecule has 0 fully saturated rings. The summed E-state index contributed by atoms with van der Waals surface area (Å²) in [6.45, 7) is 1.43. The fourth-order valence-electron chi connectivity index (χ4n) is 2.73. The maximum atomic E-state index is 12.2. The summed E-state index contributed by atoms with van der Waals surface area (Å²) in [5.74, 6) is 1.58.